The maximum absolute atomic E-state index is 13.0. The predicted octanol–water partition coefficient (Wildman–Crippen LogP) is 4.11. The fraction of sp³-hybridized carbons (Fsp3) is 0.294. The average molecular weight is 289 g/mol. The third-order valence-corrected chi connectivity index (χ3v) is 2.82. The lowest BCUT2D eigenvalue weighted by Crippen LogP contribution is -2.12. The molecule has 0 amide bonds. The van der Waals surface area contributed by atoms with Gasteiger partial charge >= 0.3 is 0 Å². The summed E-state index contributed by atoms with van der Waals surface area (Å²) in [7, 11) is 0. The van der Waals surface area contributed by atoms with Crippen molar-refractivity contribution in [1.29, 1.82) is 0 Å². The highest BCUT2D eigenvalue weighted by Crippen LogP contribution is 2.26. The summed E-state index contributed by atoms with van der Waals surface area (Å²) >= 11 is 0. The first-order valence-electron chi connectivity index (χ1n) is 7.13. The third kappa shape index (κ3) is 4.99. The Labute approximate surface area is 124 Å². The standard InChI is InChI=1S/C17H20FNO2/c1-2-11-20-16-8-3-4-9-17(16)21-12-10-19-15-7-5-6-14(18)13-15/h3-9,13,19H,2,10-12H2,1H3. The molecule has 0 fully saturated rings. The van der Waals surface area contributed by atoms with Crippen molar-refractivity contribution in [1.82, 2.24) is 0 Å². The molecule has 0 spiro atoms. The fourth-order valence-electron chi connectivity index (χ4n) is 1.86. The van der Waals surface area contributed by atoms with Crippen molar-refractivity contribution in [3.63, 3.8) is 0 Å². The van der Waals surface area contributed by atoms with Gasteiger partial charge in [-0.2, -0.15) is 0 Å². The SMILES string of the molecule is CCCOc1ccccc1OCCNc1cccc(F)c1. The van der Waals surface area contributed by atoms with Gasteiger partial charge in [0.25, 0.3) is 0 Å². The van der Waals surface area contributed by atoms with Crippen molar-refractivity contribution in [3.05, 3.63) is 54.3 Å². The lowest BCUT2D eigenvalue weighted by atomic mass is 10.3. The average Bonchev–Trinajstić information content (AvgIpc) is 2.50. The van der Waals surface area contributed by atoms with Crippen LogP contribution in [0.3, 0.4) is 0 Å². The first kappa shape index (κ1) is 15.2. The number of hydrogen-bond acceptors (Lipinski definition) is 3. The van der Waals surface area contributed by atoms with Gasteiger partial charge in [0.05, 0.1) is 6.61 Å². The molecular formula is C17H20FNO2. The van der Waals surface area contributed by atoms with E-state index in [0.717, 1.165) is 23.6 Å². The van der Waals surface area contributed by atoms with E-state index in [0.29, 0.717) is 19.8 Å². The Hall–Kier alpha value is -2.23. The van der Waals surface area contributed by atoms with Crippen LogP contribution in [0, 0.1) is 5.82 Å². The Bertz CT molecular complexity index is 560. The molecule has 2 aromatic carbocycles. The molecule has 0 aliphatic carbocycles. The molecule has 0 radical (unpaired) electrons. The number of hydrogen-bond donors (Lipinski definition) is 1. The molecule has 0 saturated carbocycles. The highest BCUT2D eigenvalue weighted by atomic mass is 19.1. The number of rotatable bonds is 8. The monoisotopic (exact) mass is 289 g/mol. The Morgan fingerprint density at radius 2 is 1.67 bits per heavy atom. The van der Waals surface area contributed by atoms with Crippen molar-refractivity contribution in [3.8, 4) is 11.5 Å². The summed E-state index contributed by atoms with van der Waals surface area (Å²) in [6.45, 7) is 3.79. The van der Waals surface area contributed by atoms with Crippen LogP contribution in [0.4, 0.5) is 10.1 Å². The minimum absolute atomic E-state index is 0.251. The van der Waals surface area contributed by atoms with Crippen LogP contribution in [-0.4, -0.2) is 19.8 Å². The number of nitrogens with one attached hydrogen (secondary N) is 1. The maximum atomic E-state index is 13.0. The second-order valence-electron chi connectivity index (χ2n) is 4.58. The summed E-state index contributed by atoms with van der Waals surface area (Å²) in [5, 5.41) is 3.11. The molecule has 21 heavy (non-hydrogen) atoms. The molecule has 1 N–H and O–H groups in total. The van der Waals surface area contributed by atoms with E-state index in [1.807, 2.05) is 30.3 Å². The van der Waals surface area contributed by atoms with Crippen LogP contribution >= 0.6 is 0 Å². The minimum atomic E-state index is -0.251. The van der Waals surface area contributed by atoms with Gasteiger partial charge in [-0.05, 0) is 36.8 Å². The molecule has 0 aliphatic heterocycles. The van der Waals surface area contributed by atoms with Gasteiger partial charge in [-0.3, -0.25) is 0 Å². The first-order chi connectivity index (χ1) is 10.3. The topological polar surface area (TPSA) is 30.5 Å². The van der Waals surface area contributed by atoms with Gasteiger partial charge in [-0.1, -0.05) is 25.1 Å². The van der Waals surface area contributed by atoms with Crippen molar-refractivity contribution in [2.75, 3.05) is 25.1 Å². The van der Waals surface area contributed by atoms with E-state index >= 15 is 0 Å². The van der Waals surface area contributed by atoms with E-state index < -0.39 is 0 Å². The zero-order chi connectivity index (χ0) is 14.9. The molecule has 0 atom stereocenters. The largest absolute Gasteiger partial charge is 0.490 e. The normalized spacial score (nSPS) is 10.2. The smallest absolute Gasteiger partial charge is 0.161 e. The fourth-order valence-corrected chi connectivity index (χ4v) is 1.86. The van der Waals surface area contributed by atoms with Crippen LogP contribution in [0.25, 0.3) is 0 Å². The Morgan fingerprint density at radius 3 is 2.33 bits per heavy atom. The first-order valence-corrected chi connectivity index (χ1v) is 7.13. The molecule has 0 aliphatic rings. The van der Waals surface area contributed by atoms with E-state index in [4.69, 9.17) is 9.47 Å². The van der Waals surface area contributed by atoms with Crippen LogP contribution in [0.15, 0.2) is 48.5 Å². The van der Waals surface area contributed by atoms with Crippen LogP contribution in [0.1, 0.15) is 13.3 Å². The third-order valence-electron chi connectivity index (χ3n) is 2.82. The summed E-state index contributed by atoms with van der Waals surface area (Å²) in [6.07, 6.45) is 0.954. The molecular weight excluding hydrogens is 269 g/mol. The number of para-hydroxylation sites is 2. The van der Waals surface area contributed by atoms with Crippen LogP contribution in [-0.2, 0) is 0 Å². The van der Waals surface area contributed by atoms with Crippen molar-refractivity contribution >= 4 is 5.69 Å². The molecule has 0 saturated heterocycles. The molecule has 0 bridgehead atoms. The second kappa shape index (κ2) is 8.15. The molecule has 2 aromatic rings. The van der Waals surface area contributed by atoms with Gasteiger partial charge in [0.15, 0.2) is 11.5 Å². The van der Waals surface area contributed by atoms with E-state index in [9.17, 15) is 4.39 Å². The highest BCUT2D eigenvalue weighted by molar-refractivity contribution is 5.43. The van der Waals surface area contributed by atoms with Crippen molar-refractivity contribution < 1.29 is 13.9 Å². The van der Waals surface area contributed by atoms with Gasteiger partial charge < -0.3 is 14.8 Å². The van der Waals surface area contributed by atoms with Gasteiger partial charge in [-0.15, -0.1) is 0 Å². The van der Waals surface area contributed by atoms with Crippen LogP contribution in [0.2, 0.25) is 0 Å². The number of benzene rings is 2. The Morgan fingerprint density at radius 1 is 0.952 bits per heavy atom. The quantitative estimate of drug-likeness (QED) is 0.742. The molecule has 0 aromatic heterocycles. The van der Waals surface area contributed by atoms with E-state index in [1.54, 1.807) is 6.07 Å². The molecule has 0 heterocycles. The highest BCUT2D eigenvalue weighted by Gasteiger charge is 2.03. The zero-order valence-electron chi connectivity index (χ0n) is 12.1. The van der Waals surface area contributed by atoms with Crippen molar-refractivity contribution in [2.24, 2.45) is 0 Å². The maximum Gasteiger partial charge on any atom is 0.161 e. The van der Waals surface area contributed by atoms with Crippen molar-refractivity contribution in [2.45, 2.75) is 13.3 Å². The molecule has 112 valence electrons. The minimum Gasteiger partial charge on any atom is -0.490 e. The second-order valence-corrected chi connectivity index (χ2v) is 4.58. The van der Waals surface area contributed by atoms with Gasteiger partial charge in [0, 0.05) is 12.2 Å². The molecule has 0 unspecified atom stereocenters. The Balaban J connectivity index is 1.80. The zero-order valence-corrected chi connectivity index (χ0v) is 12.1. The summed E-state index contributed by atoms with van der Waals surface area (Å²) in [5.74, 6) is 1.23. The van der Waals surface area contributed by atoms with E-state index in [-0.39, 0.29) is 5.82 Å². The summed E-state index contributed by atoms with van der Waals surface area (Å²) in [5.41, 5.74) is 0.745. The van der Waals surface area contributed by atoms with Gasteiger partial charge in [0.1, 0.15) is 12.4 Å². The number of halogens is 1. The molecule has 4 heteroatoms. The summed E-state index contributed by atoms with van der Waals surface area (Å²) in [4.78, 5) is 0. The predicted molar refractivity (Wildman–Crippen MR) is 82.6 cm³/mol. The summed E-state index contributed by atoms with van der Waals surface area (Å²) in [6, 6.07) is 14.0. The van der Waals surface area contributed by atoms with Crippen LogP contribution in [0.5, 0.6) is 11.5 Å². The van der Waals surface area contributed by atoms with Crippen LogP contribution < -0.4 is 14.8 Å². The van der Waals surface area contributed by atoms with E-state index in [1.165, 1.54) is 12.1 Å². The molecule has 2 rings (SSSR count). The lowest BCUT2D eigenvalue weighted by molar-refractivity contribution is 0.274. The summed E-state index contributed by atoms with van der Waals surface area (Å²) < 4.78 is 24.4. The number of anilines is 1. The van der Waals surface area contributed by atoms with E-state index in [2.05, 4.69) is 12.2 Å². The van der Waals surface area contributed by atoms with Gasteiger partial charge in [-0.25, -0.2) is 4.39 Å². The number of ether oxygens (including phenoxy) is 2. The van der Waals surface area contributed by atoms with Gasteiger partial charge in [0.2, 0.25) is 0 Å². The lowest BCUT2D eigenvalue weighted by Gasteiger charge is -2.12. The Kier molecular flexibility index (Phi) is 5.88. The molecule has 3 nitrogen and oxygen atoms in total.